The van der Waals surface area contributed by atoms with E-state index in [0.717, 1.165) is 11.3 Å². The van der Waals surface area contributed by atoms with E-state index in [1.54, 1.807) is 23.1 Å². The van der Waals surface area contributed by atoms with Gasteiger partial charge < -0.3 is 10.0 Å². The summed E-state index contributed by atoms with van der Waals surface area (Å²) in [6.07, 6.45) is 1.28. The van der Waals surface area contributed by atoms with Gasteiger partial charge in [-0.3, -0.25) is 4.79 Å². The van der Waals surface area contributed by atoms with Crippen molar-refractivity contribution in [1.29, 1.82) is 0 Å². The minimum Gasteiger partial charge on any atom is -0.480 e. The molecule has 0 saturated heterocycles. The Bertz CT molecular complexity index is 597. The molecule has 0 fully saturated rings. The Morgan fingerprint density at radius 3 is 2.16 bits per heavy atom. The molecule has 1 aliphatic heterocycles. The van der Waals surface area contributed by atoms with Crippen LogP contribution in [0.3, 0.4) is 0 Å². The van der Waals surface area contributed by atoms with Crippen LogP contribution < -0.4 is 4.90 Å². The number of sulfone groups is 1. The van der Waals surface area contributed by atoms with Crippen molar-refractivity contribution < 1.29 is 18.3 Å². The number of carboxylic acid groups (broad SMARTS) is 1. The largest absolute Gasteiger partial charge is 0.480 e. The van der Waals surface area contributed by atoms with Crippen LogP contribution in [0.15, 0.2) is 23.1 Å². The molecule has 0 aliphatic carbocycles. The number of hydrogen-bond donors (Lipinski definition) is 1. The van der Waals surface area contributed by atoms with Crippen molar-refractivity contribution in [3.05, 3.63) is 23.8 Å². The van der Waals surface area contributed by atoms with Gasteiger partial charge in [0.2, 0.25) is 0 Å². The lowest BCUT2D eigenvalue weighted by Gasteiger charge is -2.16. The van der Waals surface area contributed by atoms with E-state index in [4.69, 9.17) is 5.11 Å². The molecule has 0 atom stereocenters. The molecule has 0 spiro atoms. The molecule has 0 saturated carbocycles. The lowest BCUT2D eigenvalue weighted by Crippen LogP contribution is -2.27. The molecule has 0 aromatic heterocycles. The maximum Gasteiger partial charge on any atom is 0.323 e. The topological polar surface area (TPSA) is 74.7 Å². The molecule has 0 amide bonds. The van der Waals surface area contributed by atoms with E-state index >= 15 is 0 Å². The van der Waals surface area contributed by atoms with Crippen LogP contribution in [-0.4, -0.2) is 38.3 Å². The molecular formula is C19H35NO4S. The van der Waals surface area contributed by atoms with Crippen LogP contribution in [0.2, 0.25) is 0 Å². The number of anilines is 1. The Hall–Kier alpha value is -1.56. The van der Waals surface area contributed by atoms with E-state index in [1.807, 2.05) is 48.5 Å². The summed E-state index contributed by atoms with van der Waals surface area (Å²) in [4.78, 5) is 12.8. The van der Waals surface area contributed by atoms with Gasteiger partial charge in [-0.25, -0.2) is 8.42 Å². The second-order valence-electron chi connectivity index (χ2n) is 4.67. The van der Waals surface area contributed by atoms with Crippen LogP contribution in [0.25, 0.3) is 0 Å². The predicted molar refractivity (Wildman–Crippen MR) is 106 cm³/mol. The van der Waals surface area contributed by atoms with Crippen LogP contribution in [0.5, 0.6) is 0 Å². The first kappa shape index (κ1) is 25.7. The SMILES string of the molecule is CC.CC.CC.CCCS(=O)(=O)c1ccc2c(c1)CCN2CC(=O)O. The van der Waals surface area contributed by atoms with Crippen molar-refractivity contribution >= 4 is 21.5 Å². The molecule has 1 aliphatic rings. The fourth-order valence-corrected chi connectivity index (χ4v) is 3.72. The van der Waals surface area contributed by atoms with E-state index in [1.165, 1.54) is 0 Å². The lowest BCUT2D eigenvalue weighted by molar-refractivity contribution is -0.135. The zero-order valence-corrected chi connectivity index (χ0v) is 17.6. The minimum atomic E-state index is -3.21. The summed E-state index contributed by atoms with van der Waals surface area (Å²) in [5.41, 5.74) is 1.75. The molecule has 2 rings (SSSR count). The van der Waals surface area contributed by atoms with Crippen molar-refractivity contribution in [1.82, 2.24) is 0 Å². The number of fused-ring (bicyclic) bond motifs is 1. The van der Waals surface area contributed by atoms with E-state index in [-0.39, 0.29) is 12.3 Å². The third-order valence-corrected chi connectivity index (χ3v) is 5.12. The lowest BCUT2D eigenvalue weighted by atomic mass is 10.2. The summed E-state index contributed by atoms with van der Waals surface area (Å²) in [5.74, 6) is -0.736. The summed E-state index contributed by atoms with van der Waals surface area (Å²) in [6.45, 7) is 14.4. The highest BCUT2D eigenvalue weighted by Crippen LogP contribution is 2.30. The van der Waals surface area contributed by atoms with Crippen molar-refractivity contribution in [3.63, 3.8) is 0 Å². The van der Waals surface area contributed by atoms with Gasteiger partial charge in [-0.05, 0) is 36.6 Å². The van der Waals surface area contributed by atoms with Gasteiger partial charge in [0.1, 0.15) is 6.54 Å². The van der Waals surface area contributed by atoms with Gasteiger partial charge in [-0.15, -0.1) is 0 Å². The Balaban J connectivity index is 0. The highest BCUT2D eigenvalue weighted by molar-refractivity contribution is 7.91. The van der Waals surface area contributed by atoms with Crippen LogP contribution in [0.4, 0.5) is 5.69 Å². The first-order chi connectivity index (χ1) is 11.9. The zero-order valence-electron chi connectivity index (χ0n) is 16.8. The number of carboxylic acids is 1. The molecule has 6 heteroatoms. The molecule has 0 radical (unpaired) electrons. The summed E-state index contributed by atoms with van der Waals surface area (Å²) in [6, 6.07) is 4.97. The molecule has 25 heavy (non-hydrogen) atoms. The van der Waals surface area contributed by atoms with Gasteiger partial charge in [0.25, 0.3) is 0 Å². The number of nitrogens with zero attached hydrogens (tertiary/aromatic N) is 1. The second kappa shape index (κ2) is 13.7. The summed E-state index contributed by atoms with van der Waals surface area (Å²) >= 11 is 0. The smallest absolute Gasteiger partial charge is 0.323 e. The molecular weight excluding hydrogens is 338 g/mol. The standard InChI is InChI=1S/C13H17NO4S.3C2H6/c1-2-7-19(17,18)11-3-4-12-10(8-11)5-6-14(12)9-13(15)16;3*1-2/h3-4,8H,2,5-7,9H2,1H3,(H,15,16);3*1-2H3. The van der Waals surface area contributed by atoms with Crippen LogP contribution >= 0.6 is 0 Å². The second-order valence-corrected chi connectivity index (χ2v) is 6.78. The Kier molecular flexibility index (Phi) is 14.1. The Labute approximate surface area is 154 Å². The summed E-state index contributed by atoms with van der Waals surface area (Å²) in [7, 11) is -3.21. The highest BCUT2D eigenvalue weighted by Gasteiger charge is 2.23. The molecule has 0 unspecified atom stereocenters. The average Bonchev–Trinajstić information content (AvgIpc) is 3.02. The average molecular weight is 374 g/mol. The van der Waals surface area contributed by atoms with Crippen LogP contribution in [-0.2, 0) is 21.1 Å². The summed E-state index contributed by atoms with van der Waals surface area (Å²) < 4.78 is 24.0. The van der Waals surface area contributed by atoms with E-state index < -0.39 is 15.8 Å². The molecule has 1 aromatic carbocycles. The van der Waals surface area contributed by atoms with Gasteiger partial charge in [-0.1, -0.05) is 48.5 Å². The quantitative estimate of drug-likeness (QED) is 0.828. The van der Waals surface area contributed by atoms with Gasteiger partial charge in [-0.2, -0.15) is 0 Å². The van der Waals surface area contributed by atoms with E-state index in [2.05, 4.69) is 0 Å². The van der Waals surface area contributed by atoms with E-state index in [9.17, 15) is 13.2 Å². The van der Waals surface area contributed by atoms with Crippen molar-refractivity contribution in [2.45, 2.75) is 66.2 Å². The zero-order chi connectivity index (χ0) is 20.0. The molecule has 0 bridgehead atoms. The first-order valence-electron chi connectivity index (χ1n) is 9.26. The van der Waals surface area contributed by atoms with Gasteiger partial charge in [0.05, 0.1) is 10.6 Å². The van der Waals surface area contributed by atoms with Crippen molar-refractivity contribution in [2.75, 3.05) is 23.7 Å². The number of hydrogen-bond acceptors (Lipinski definition) is 4. The molecule has 1 aromatic rings. The predicted octanol–water partition coefficient (Wildman–Crippen LogP) is 4.40. The number of aliphatic carboxylic acids is 1. The van der Waals surface area contributed by atoms with Gasteiger partial charge in [0, 0.05) is 12.2 Å². The Morgan fingerprint density at radius 1 is 1.12 bits per heavy atom. The Morgan fingerprint density at radius 2 is 1.68 bits per heavy atom. The van der Waals surface area contributed by atoms with Crippen LogP contribution in [0, 0.1) is 0 Å². The fraction of sp³-hybridized carbons (Fsp3) is 0.632. The van der Waals surface area contributed by atoms with Crippen molar-refractivity contribution in [2.24, 2.45) is 0 Å². The van der Waals surface area contributed by atoms with E-state index in [0.29, 0.717) is 24.3 Å². The molecule has 5 nitrogen and oxygen atoms in total. The number of benzene rings is 1. The highest BCUT2D eigenvalue weighted by atomic mass is 32.2. The fourth-order valence-electron chi connectivity index (χ4n) is 2.35. The maximum atomic E-state index is 12.0. The van der Waals surface area contributed by atoms with Gasteiger partial charge in [0.15, 0.2) is 9.84 Å². The molecule has 1 heterocycles. The third-order valence-electron chi connectivity index (χ3n) is 3.20. The minimum absolute atomic E-state index is 0.0476. The summed E-state index contributed by atoms with van der Waals surface area (Å²) in [5, 5.41) is 8.82. The monoisotopic (exact) mass is 373 g/mol. The van der Waals surface area contributed by atoms with Crippen molar-refractivity contribution in [3.8, 4) is 0 Å². The van der Waals surface area contributed by atoms with Crippen LogP contribution in [0.1, 0.15) is 60.5 Å². The number of carbonyl (C=O) groups is 1. The maximum absolute atomic E-state index is 12.0. The molecule has 146 valence electrons. The number of rotatable bonds is 5. The molecule has 1 N–H and O–H groups in total. The normalized spacial score (nSPS) is 11.7. The first-order valence-corrected chi connectivity index (χ1v) is 10.9. The van der Waals surface area contributed by atoms with Gasteiger partial charge >= 0.3 is 5.97 Å². The third kappa shape index (κ3) is 7.90.